The summed E-state index contributed by atoms with van der Waals surface area (Å²) in [5.41, 5.74) is 0.840. The summed E-state index contributed by atoms with van der Waals surface area (Å²) >= 11 is 0. The smallest absolute Gasteiger partial charge is 0.327 e. The molecular weight excluding hydrogens is 246 g/mol. The molecule has 0 aliphatic carbocycles. The van der Waals surface area contributed by atoms with Crippen LogP contribution in [-0.2, 0) is 19.1 Å². The van der Waals surface area contributed by atoms with Gasteiger partial charge in [-0.1, -0.05) is 30.3 Å². The van der Waals surface area contributed by atoms with Gasteiger partial charge in [-0.2, -0.15) is 0 Å². The van der Waals surface area contributed by atoms with E-state index in [2.05, 4.69) is 10.1 Å². The molecule has 1 aromatic carbocycles. The molecule has 5 nitrogen and oxygen atoms in total. The Balaban J connectivity index is 2.52. The highest BCUT2D eigenvalue weighted by atomic mass is 16.5. The molecule has 0 heterocycles. The number of benzene rings is 1. The van der Waals surface area contributed by atoms with E-state index in [9.17, 15) is 9.59 Å². The van der Waals surface area contributed by atoms with Crippen molar-refractivity contribution in [3.8, 4) is 0 Å². The van der Waals surface area contributed by atoms with Gasteiger partial charge in [0.2, 0.25) is 0 Å². The van der Waals surface area contributed by atoms with E-state index in [0.717, 1.165) is 5.56 Å². The first kappa shape index (κ1) is 15.2. The highest BCUT2D eigenvalue weighted by Gasteiger charge is 2.20. The third-order valence-electron chi connectivity index (χ3n) is 2.70. The normalized spacial score (nSPS) is 11.7. The minimum absolute atomic E-state index is 0.254. The molecule has 0 bridgehead atoms. The second kappa shape index (κ2) is 8.26. The van der Waals surface area contributed by atoms with Crippen LogP contribution in [0.4, 0.5) is 0 Å². The molecule has 0 spiro atoms. The lowest BCUT2D eigenvalue weighted by Crippen LogP contribution is -2.30. The van der Waals surface area contributed by atoms with Crippen LogP contribution in [0.25, 0.3) is 0 Å². The van der Waals surface area contributed by atoms with Crippen molar-refractivity contribution in [2.24, 2.45) is 0 Å². The molecule has 0 aromatic heterocycles. The fourth-order valence-electron chi connectivity index (χ4n) is 1.68. The van der Waals surface area contributed by atoms with Crippen LogP contribution in [0.1, 0.15) is 24.4 Å². The number of carbonyl (C=O) groups is 2. The van der Waals surface area contributed by atoms with Crippen LogP contribution in [0.15, 0.2) is 30.3 Å². The average molecular weight is 265 g/mol. The van der Waals surface area contributed by atoms with Gasteiger partial charge in [0.25, 0.3) is 0 Å². The lowest BCUT2D eigenvalue weighted by molar-refractivity contribution is -0.143. The molecule has 5 heteroatoms. The first-order chi connectivity index (χ1) is 9.19. The second-order valence-corrected chi connectivity index (χ2v) is 4.00. The van der Waals surface area contributed by atoms with E-state index in [1.807, 2.05) is 30.3 Å². The van der Waals surface area contributed by atoms with Crippen LogP contribution < -0.4 is 5.32 Å². The Morgan fingerprint density at radius 3 is 2.42 bits per heavy atom. The first-order valence-corrected chi connectivity index (χ1v) is 6.12. The standard InChI is InChI=1S/C14H19NO4/c1-18-12(16)9-6-10-15-13(14(17)19-2)11-7-4-3-5-8-11/h3-5,7-8,13,15H,6,9-10H2,1-2H3. The van der Waals surface area contributed by atoms with Crippen molar-refractivity contribution in [1.82, 2.24) is 5.32 Å². The number of ether oxygens (including phenoxy) is 2. The SMILES string of the molecule is COC(=O)CCCNC(C(=O)OC)c1ccccc1. The summed E-state index contributed by atoms with van der Waals surface area (Å²) in [5.74, 6) is -0.597. The van der Waals surface area contributed by atoms with Crippen molar-refractivity contribution in [2.75, 3.05) is 20.8 Å². The van der Waals surface area contributed by atoms with Crippen LogP contribution >= 0.6 is 0 Å². The van der Waals surface area contributed by atoms with Crippen molar-refractivity contribution >= 4 is 11.9 Å². The molecule has 1 unspecified atom stereocenters. The molecule has 0 aliphatic heterocycles. The Kier molecular flexibility index (Phi) is 6.60. The summed E-state index contributed by atoms with van der Waals surface area (Å²) in [6.45, 7) is 0.532. The Labute approximate surface area is 112 Å². The average Bonchev–Trinajstić information content (AvgIpc) is 2.47. The second-order valence-electron chi connectivity index (χ2n) is 4.00. The van der Waals surface area contributed by atoms with Crippen LogP contribution in [0.5, 0.6) is 0 Å². The molecule has 1 atom stereocenters. The predicted octanol–water partition coefficient (Wildman–Crippen LogP) is 1.44. The molecule has 0 amide bonds. The fraction of sp³-hybridized carbons (Fsp3) is 0.429. The number of rotatable bonds is 7. The summed E-state index contributed by atoms with van der Waals surface area (Å²) in [6, 6.07) is 8.81. The molecule has 1 aromatic rings. The summed E-state index contributed by atoms with van der Waals surface area (Å²) in [6.07, 6.45) is 0.930. The number of esters is 2. The molecule has 19 heavy (non-hydrogen) atoms. The van der Waals surface area contributed by atoms with Gasteiger partial charge in [0.05, 0.1) is 14.2 Å². The van der Waals surface area contributed by atoms with E-state index < -0.39 is 6.04 Å². The summed E-state index contributed by atoms with van der Waals surface area (Å²) < 4.78 is 9.33. The van der Waals surface area contributed by atoms with Gasteiger partial charge in [-0.15, -0.1) is 0 Å². The number of hydrogen-bond donors (Lipinski definition) is 1. The Bertz CT molecular complexity index is 405. The number of carbonyl (C=O) groups excluding carboxylic acids is 2. The molecule has 0 aliphatic rings. The van der Waals surface area contributed by atoms with E-state index in [-0.39, 0.29) is 11.9 Å². The zero-order valence-electron chi connectivity index (χ0n) is 11.2. The Hall–Kier alpha value is -1.88. The minimum atomic E-state index is -0.510. The van der Waals surface area contributed by atoms with Crippen LogP contribution in [0.2, 0.25) is 0 Å². The minimum Gasteiger partial charge on any atom is -0.469 e. The molecule has 0 saturated carbocycles. The van der Waals surface area contributed by atoms with E-state index in [4.69, 9.17) is 4.74 Å². The number of methoxy groups -OCH3 is 2. The molecule has 1 N–H and O–H groups in total. The van der Waals surface area contributed by atoms with Gasteiger partial charge in [0.1, 0.15) is 6.04 Å². The topological polar surface area (TPSA) is 64.6 Å². The zero-order valence-corrected chi connectivity index (χ0v) is 11.2. The van der Waals surface area contributed by atoms with Crippen molar-refractivity contribution in [1.29, 1.82) is 0 Å². The largest absolute Gasteiger partial charge is 0.469 e. The number of nitrogens with one attached hydrogen (secondary N) is 1. The maximum absolute atomic E-state index is 11.7. The van der Waals surface area contributed by atoms with Crippen molar-refractivity contribution in [3.63, 3.8) is 0 Å². The van der Waals surface area contributed by atoms with Crippen LogP contribution in [0, 0.1) is 0 Å². The maximum Gasteiger partial charge on any atom is 0.327 e. The van der Waals surface area contributed by atoms with E-state index in [0.29, 0.717) is 19.4 Å². The summed E-state index contributed by atoms with van der Waals surface area (Å²) in [4.78, 5) is 22.7. The lowest BCUT2D eigenvalue weighted by atomic mass is 10.1. The van der Waals surface area contributed by atoms with Gasteiger partial charge >= 0.3 is 11.9 Å². The lowest BCUT2D eigenvalue weighted by Gasteiger charge is -2.16. The third kappa shape index (κ3) is 5.09. The summed E-state index contributed by atoms with van der Waals surface area (Å²) in [5, 5.41) is 3.08. The molecule has 0 fully saturated rings. The van der Waals surface area contributed by atoms with E-state index in [1.165, 1.54) is 14.2 Å². The van der Waals surface area contributed by atoms with Gasteiger partial charge in [0, 0.05) is 6.42 Å². The monoisotopic (exact) mass is 265 g/mol. The van der Waals surface area contributed by atoms with E-state index in [1.54, 1.807) is 0 Å². The van der Waals surface area contributed by atoms with Crippen LogP contribution in [0.3, 0.4) is 0 Å². The van der Waals surface area contributed by atoms with Crippen molar-refractivity contribution < 1.29 is 19.1 Å². The fourth-order valence-corrected chi connectivity index (χ4v) is 1.68. The molecular formula is C14H19NO4. The zero-order chi connectivity index (χ0) is 14.1. The van der Waals surface area contributed by atoms with Gasteiger partial charge in [-0.3, -0.25) is 4.79 Å². The predicted molar refractivity (Wildman–Crippen MR) is 70.5 cm³/mol. The van der Waals surface area contributed by atoms with Gasteiger partial charge in [0.15, 0.2) is 0 Å². The van der Waals surface area contributed by atoms with Crippen LogP contribution in [-0.4, -0.2) is 32.7 Å². The molecule has 104 valence electrons. The third-order valence-corrected chi connectivity index (χ3v) is 2.70. The maximum atomic E-state index is 11.7. The van der Waals surface area contributed by atoms with E-state index >= 15 is 0 Å². The first-order valence-electron chi connectivity index (χ1n) is 6.12. The highest BCUT2D eigenvalue weighted by molar-refractivity contribution is 5.77. The Morgan fingerprint density at radius 2 is 1.84 bits per heavy atom. The quantitative estimate of drug-likeness (QED) is 0.597. The number of hydrogen-bond acceptors (Lipinski definition) is 5. The summed E-state index contributed by atoms with van der Waals surface area (Å²) in [7, 11) is 2.71. The van der Waals surface area contributed by atoms with Crippen molar-refractivity contribution in [2.45, 2.75) is 18.9 Å². The van der Waals surface area contributed by atoms with Gasteiger partial charge in [-0.25, -0.2) is 4.79 Å². The Morgan fingerprint density at radius 1 is 1.16 bits per heavy atom. The molecule has 0 saturated heterocycles. The van der Waals surface area contributed by atoms with Crippen molar-refractivity contribution in [3.05, 3.63) is 35.9 Å². The van der Waals surface area contributed by atoms with Gasteiger partial charge in [-0.05, 0) is 18.5 Å². The highest BCUT2D eigenvalue weighted by Crippen LogP contribution is 2.14. The van der Waals surface area contributed by atoms with Gasteiger partial charge < -0.3 is 14.8 Å². The molecule has 1 rings (SSSR count). The molecule has 0 radical (unpaired) electrons.